The highest BCUT2D eigenvalue weighted by atomic mass is 32.1. The van der Waals surface area contributed by atoms with Crippen molar-refractivity contribution in [3.63, 3.8) is 0 Å². The van der Waals surface area contributed by atoms with Crippen LogP contribution in [0.1, 0.15) is 15.9 Å². The molecule has 22 heavy (non-hydrogen) atoms. The molecular weight excluding hydrogens is 298 g/mol. The summed E-state index contributed by atoms with van der Waals surface area (Å²) in [5.74, 6) is -0.134. The monoisotopic (exact) mass is 309 g/mol. The zero-order valence-electron chi connectivity index (χ0n) is 11.4. The third kappa shape index (κ3) is 2.21. The van der Waals surface area contributed by atoms with E-state index >= 15 is 0 Å². The first-order chi connectivity index (χ1) is 10.8. The van der Waals surface area contributed by atoms with E-state index in [1.165, 1.54) is 0 Å². The van der Waals surface area contributed by atoms with Gasteiger partial charge in [-0.25, -0.2) is 4.52 Å². The Hall–Kier alpha value is -2.80. The Labute approximate surface area is 129 Å². The molecule has 0 spiro atoms. The maximum atomic E-state index is 12.3. The van der Waals surface area contributed by atoms with Crippen LogP contribution in [0.25, 0.3) is 16.6 Å². The third-order valence-corrected chi connectivity index (χ3v) is 4.02. The molecule has 0 aliphatic heterocycles. The van der Waals surface area contributed by atoms with Crippen molar-refractivity contribution >= 4 is 34.2 Å². The number of aromatic nitrogens is 4. The van der Waals surface area contributed by atoms with Gasteiger partial charge in [-0.2, -0.15) is 13.8 Å². The Morgan fingerprint density at radius 2 is 2.09 bits per heavy atom. The van der Waals surface area contributed by atoms with Gasteiger partial charge in [-0.05, 0) is 30.3 Å². The van der Waals surface area contributed by atoms with E-state index in [-0.39, 0.29) is 5.91 Å². The average Bonchev–Trinajstić information content (AvgIpc) is 3.18. The van der Waals surface area contributed by atoms with Crippen LogP contribution in [-0.2, 0) is 6.54 Å². The maximum absolute atomic E-state index is 12.3. The first-order valence-corrected chi connectivity index (χ1v) is 7.46. The van der Waals surface area contributed by atoms with Crippen molar-refractivity contribution in [2.24, 2.45) is 0 Å². The van der Waals surface area contributed by atoms with Crippen LogP contribution in [0.3, 0.4) is 0 Å². The summed E-state index contributed by atoms with van der Waals surface area (Å²) in [5.41, 5.74) is 4.10. The van der Waals surface area contributed by atoms with Crippen LogP contribution in [0, 0.1) is 0 Å². The summed E-state index contributed by atoms with van der Waals surface area (Å²) >= 11 is 1.14. The predicted octanol–water partition coefficient (Wildman–Crippen LogP) is 2.27. The standard InChI is InChI=1S/C15H11N5OS/c21-15(10-4-5-12-13(7-10)19-22-18-12)16-8-11-9-17-20-6-2-1-3-14(11)20/h1-7,9H,8H2,(H,16,21). The molecule has 0 saturated heterocycles. The molecule has 0 atom stereocenters. The van der Waals surface area contributed by atoms with Gasteiger partial charge in [-0.3, -0.25) is 4.79 Å². The highest BCUT2D eigenvalue weighted by molar-refractivity contribution is 7.00. The summed E-state index contributed by atoms with van der Waals surface area (Å²) < 4.78 is 10.1. The topological polar surface area (TPSA) is 72.2 Å². The number of hydrogen-bond donors (Lipinski definition) is 1. The van der Waals surface area contributed by atoms with Crippen molar-refractivity contribution < 1.29 is 4.79 Å². The first-order valence-electron chi connectivity index (χ1n) is 6.73. The summed E-state index contributed by atoms with van der Waals surface area (Å²) in [4.78, 5) is 12.3. The van der Waals surface area contributed by atoms with Crippen LogP contribution < -0.4 is 5.32 Å². The molecule has 108 valence electrons. The Balaban J connectivity index is 1.54. The summed E-state index contributed by atoms with van der Waals surface area (Å²) in [6.07, 6.45) is 3.65. The van der Waals surface area contributed by atoms with Gasteiger partial charge in [0.25, 0.3) is 5.91 Å². The number of hydrogen-bond acceptors (Lipinski definition) is 5. The second-order valence-corrected chi connectivity index (χ2v) is 5.38. The molecule has 0 radical (unpaired) electrons. The van der Waals surface area contributed by atoms with Crippen molar-refractivity contribution in [3.8, 4) is 0 Å². The second kappa shape index (κ2) is 5.19. The number of carbonyl (C=O) groups excluding carboxylic acids is 1. The van der Waals surface area contributed by atoms with Gasteiger partial charge in [0.05, 0.1) is 23.4 Å². The molecule has 0 aliphatic carbocycles. The minimum absolute atomic E-state index is 0.134. The fourth-order valence-corrected chi connectivity index (χ4v) is 2.84. The second-order valence-electron chi connectivity index (χ2n) is 4.85. The van der Waals surface area contributed by atoms with Gasteiger partial charge in [0.15, 0.2) is 0 Å². The molecule has 1 aromatic carbocycles. The number of nitrogens with one attached hydrogen (secondary N) is 1. The fraction of sp³-hybridized carbons (Fsp3) is 0.0667. The number of rotatable bonds is 3. The highest BCUT2D eigenvalue weighted by Gasteiger charge is 2.09. The average molecular weight is 309 g/mol. The van der Waals surface area contributed by atoms with E-state index in [1.807, 2.05) is 30.5 Å². The molecule has 0 aliphatic rings. The maximum Gasteiger partial charge on any atom is 0.251 e. The largest absolute Gasteiger partial charge is 0.348 e. The number of fused-ring (bicyclic) bond motifs is 2. The molecule has 4 aromatic rings. The normalized spacial score (nSPS) is 11.1. The van der Waals surface area contributed by atoms with Crippen molar-refractivity contribution in [1.29, 1.82) is 0 Å². The molecule has 7 heteroatoms. The zero-order valence-corrected chi connectivity index (χ0v) is 12.2. The number of pyridine rings is 1. The Morgan fingerprint density at radius 3 is 3.05 bits per heavy atom. The van der Waals surface area contributed by atoms with E-state index < -0.39 is 0 Å². The van der Waals surface area contributed by atoms with E-state index in [9.17, 15) is 4.79 Å². The molecule has 0 saturated carbocycles. The van der Waals surface area contributed by atoms with Gasteiger partial charge in [0.1, 0.15) is 11.0 Å². The fourth-order valence-electron chi connectivity index (χ4n) is 2.32. The molecule has 3 aromatic heterocycles. The summed E-state index contributed by atoms with van der Waals surface area (Å²) in [5, 5.41) is 7.17. The van der Waals surface area contributed by atoms with E-state index in [0.29, 0.717) is 12.1 Å². The van der Waals surface area contributed by atoms with E-state index in [4.69, 9.17) is 0 Å². The third-order valence-electron chi connectivity index (χ3n) is 3.46. The first kappa shape index (κ1) is 12.9. The molecule has 0 bridgehead atoms. The SMILES string of the molecule is O=C(NCc1cnn2ccccc12)c1ccc2nsnc2c1. The molecule has 0 unspecified atom stereocenters. The molecule has 4 rings (SSSR count). The number of carbonyl (C=O) groups is 1. The molecule has 6 nitrogen and oxygen atoms in total. The Morgan fingerprint density at radius 1 is 1.18 bits per heavy atom. The van der Waals surface area contributed by atoms with E-state index in [2.05, 4.69) is 19.2 Å². The number of benzene rings is 1. The van der Waals surface area contributed by atoms with Gasteiger partial charge in [-0.15, -0.1) is 0 Å². The van der Waals surface area contributed by atoms with Crippen LogP contribution in [0.4, 0.5) is 0 Å². The van der Waals surface area contributed by atoms with Crippen molar-refractivity contribution in [2.45, 2.75) is 6.54 Å². The quantitative estimate of drug-likeness (QED) is 0.630. The van der Waals surface area contributed by atoms with Crippen LogP contribution in [-0.4, -0.2) is 24.3 Å². The van der Waals surface area contributed by atoms with E-state index in [0.717, 1.165) is 33.8 Å². The van der Waals surface area contributed by atoms with Crippen LogP contribution in [0.5, 0.6) is 0 Å². The lowest BCUT2D eigenvalue weighted by molar-refractivity contribution is 0.0951. The van der Waals surface area contributed by atoms with Gasteiger partial charge in [-0.1, -0.05) is 6.07 Å². The van der Waals surface area contributed by atoms with Crippen molar-refractivity contribution in [3.05, 3.63) is 59.9 Å². The summed E-state index contributed by atoms with van der Waals surface area (Å²) in [6, 6.07) is 11.2. The Kier molecular flexibility index (Phi) is 3.05. The van der Waals surface area contributed by atoms with Crippen molar-refractivity contribution in [1.82, 2.24) is 23.7 Å². The summed E-state index contributed by atoms with van der Waals surface area (Å²) in [7, 11) is 0. The number of nitrogens with zero attached hydrogens (tertiary/aromatic N) is 4. The molecule has 1 amide bonds. The minimum atomic E-state index is -0.134. The lowest BCUT2D eigenvalue weighted by Gasteiger charge is -2.04. The van der Waals surface area contributed by atoms with Gasteiger partial charge < -0.3 is 5.32 Å². The molecular formula is C15H11N5OS. The molecule has 3 heterocycles. The smallest absolute Gasteiger partial charge is 0.251 e. The van der Waals surface area contributed by atoms with Gasteiger partial charge in [0.2, 0.25) is 0 Å². The molecule has 1 N–H and O–H groups in total. The lowest BCUT2D eigenvalue weighted by atomic mass is 10.2. The van der Waals surface area contributed by atoms with Crippen LogP contribution >= 0.6 is 11.7 Å². The lowest BCUT2D eigenvalue weighted by Crippen LogP contribution is -2.22. The van der Waals surface area contributed by atoms with Crippen molar-refractivity contribution in [2.75, 3.05) is 0 Å². The summed E-state index contributed by atoms with van der Waals surface area (Å²) in [6.45, 7) is 0.430. The Bertz CT molecular complexity index is 974. The predicted molar refractivity (Wildman–Crippen MR) is 83.8 cm³/mol. The zero-order chi connectivity index (χ0) is 14.9. The molecule has 0 fully saturated rings. The van der Waals surface area contributed by atoms with Gasteiger partial charge >= 0.3 is 0 Å². The highest BCUT2D eigenvalue weighted by Crippen LogP contribution is 2.14. The minimum Gasteiger partial charge on any atom is -0.348 e. The number of amides is 1. The van der Waals surface area contributed by atoms with Crippen LogP contribution in [0.2, 0.25) is 0 Å². The van der Waals surface area contributed by atoms with Crippen LogP contribution in [0.15, 0.2) is 48.8 Å². The van der Waals surface area contributed by atoms with Gasteiger partial charge in [0, 0.05) is 23.9 Å². The van der Waals surface area contributed by atoms with E-state index in [1.54, 1.807) is 22.8 Å².